The molecule has 1 aromatic heterocycles. The van der Waals surface area contributed by atoms with Crippen molar-refractivity contribution in [2.24, 2.45) is 18.9 Å². The molecule has 2 atom stereocenters. The third-order valence-electron chi connectivity index (χ3n) is 7.18. The van der Waals surface area contributed by atoms with E-state index < -0.39 is 11.4 Å². The highest BCUT2D eigenvalue weighted by molar-refractivity contribution is 6.59. The molecule has 0 aliphatic heterocycles. The molecule has 2 aliphatic rings. The van der Waals surface area contributed by atoms with Gasteiger partial charge in [0.2, 0.25) is 0 Å². The Morgan fingerprint density at radius 3 is 2.53 bits per heavy atom. The van der Waals surface area contributed by atoms with Gasteiger partial charge < -0.3 is 15.0 Å². The van der Waals surface area contributed by atoms with Crippen molar-refractivity contribution in [3.8, 4) is 0 Å². The summed E-state index contributed by atoms with van der Waals surface area (Å²) in [5.74, 6) is 0.295. The lowest BCUT2D eigenvalue weighted by Gasteiger charge is -2.38. The smallest absolute Gasteiger partial charge is 0.274 e. The molecule has 156 valence electrons. The maximum atomic E-state index is 13.4. The Kier molecular flexibility index (Phi) is 5.34. The summed E-state index contributed by atoms with van der Waals surface area (Å²) in [6.07, 6.45) is 5.15. The second-order valence-electron chi connectivity index (χ2n) is 10.1. The van der Waals surface area contributed by atoms with E-state index in [2.05, 4.69) is 33.8 Å². The van der Waals surface area contributed by atoms with E-state index in [9.17, 15) is 14.3 Å². The maximum absolute atomic E-state index is 13.4. The summed E-state index contributed by atoms with van der Waals surface area (Å²) in [4.78, 5) is 17.6. The average molecular weight is 427 g/mol. The molecule has 10 heteroatoms. The van der Waals surface area contributed by atoms with Gasteiger partial charge in [-0.2, -0.15) is 0 Å². The van der Waals surface area contributed by atoms with Crippen molar-refractivity contribution >= 4 is 46.7 Å². The van der Waals surface area contributed by atoms with Crippen LogP contribution in [0.25, 0.3) is 0 Å². The van der Waals surface area contributed by atoms with E-state index in [1.807, 2.05) is 0 Å². The Morgan fingerprint density at radius 1 is 1.33 bits per heavy atom. The van der Waals surface area contributed by atoms with Crippen molar-refractivity contribution in [2.75, 3.05) is 5.32 Å². The van der Waals surface area contributed by atoms with Gasteiger partial charge in [-0.1, -0.05) is 16.7 Å². The molecule has 1 amide bonds. The molecule has 4 rings (SSSR count). The first-order chi connectivity index (χ1) is 14.0. The first-order valence-electron chi connectivity index (χ1n) is 10.5. The van der Waals surface area contributed by atoms with Gasteiger partial charge >= 0.3 is 0 Å². The minimum atomic E-state index is -0.626. The third-order valence-corrected chi connectivity index (χ3v) is 7.47. The zero-order valence-electron chi connectivity index (χ0n) is 17.9. The van der Waals surface area contributed by atoms with Gasteiger partial charge in [0.15, 0.2) is 0 Å². The second kappa shape index (κ2) is 7.45. The number of fused-ring (bicyclic) bond motifs is 1. The fourth-order valence-electron chi connectivity index (χ4n) is 5.29. The molecule has 2 unspecified atom stereocenters. The third kappa shape index (κ3) is 3.71. The summed E-state index contributed by atoms with van der Waals surface area (Å²) < 4.78 is 15.1. The van der Waals surface area contributed by atoms with Crippen LogP contribution in [0.15, 0.2) is 24.5 Å². The van der Waals surface area contributed by atoms with Crippen LogP contribution in [0.5, 0.6) is 0 Å². The summed E-state index contributed by atoms with van der Waals surface area (Å²) in [5.41, 5.74) is 1.14. The SMILES string of the molecule is BC(B)(B)C1(O)CC2CC(c3ncn(C)c3C(=O)Nc3ccc(F)c(Cl)c3)CC2C1. The number of aryl methyl sites for hydroxylation is 1. The number of amides is 1. The predicted molar refractivity (Wildman–Crippen MR) is 124 cm³/mol. The molecule has 2 aromatic rings. The molecule has 0 saturated heterocycles. The van der Waals surface area contributed by atoms with Crippen molar-refractivity contribution in [3.63, 3.8) is 0 Å². The number of carbonyl (C=O) groups is 1. The van der Waals surface area contributed by atoms with Crippen LogP contribution in [0.3, 0.4) is 0 Å². The van der Waals surface area contributed by atoms with Crippen LogP contribution in [0.2, 0.25) is 10.1 Å². The number of halogens is 2. The number of nitrogens with one attached hydrogen (secondary N) is 1. The number of hydrogen-bond donors (Lipinski definition) is 2. The molecule has 1 heterocycles. The number of benzene rings is 1. The largest absolute Gasteiger partial charge is 0.391 e. The van der Waals surface area contributed by atoms with Gasteiger partial charge in [0.05, 0.1) is 46.2 Å². The summed E-state index contributed by atoms with van der Waals surface area (Å²) in [6, 6.07) is 4.12. The summed E-state index contributed by atoms with van der Waals surface area (Å²) in [5, 5.41) is 13.8. The number of aromatic nitrogens is 2. The maximum Gasteiger partial charge on any atom is 0.274 e. The highest BCUT2D eigenvalue weighted by Gasteiger charge is 2.53. The van der Waals surface area contributed by atoms with E-state index in [1.165, 1.54) is 18.2 Å². The lowest BCUT2D eigenvalue weighted by atomic mass is 9.35. The van der Waals surface area contributed by atoms with Crippen LogP contribution in [-0.4, -0.2) is 49.7 Å². The van der Waals surface area contributed by atoms with Crippen LogP contribution in [0.1, 0.15) is 47.8 Å². The average Bonchev–Trinajstić information content (AvgIpc) is 3.28. The summed E-state index contributed by atoms with van der Waals surface area (Å²) in [6.45, 7) is 0. The molecule has 1 aromatic carbocycles. The molecule has 2 saturated carbocycles. The first-order valence-corrected chi connectivity index (χ1v) is 10.9. The van der Waals surface area contributed by atoms with Crippen LogP contribution in [-0.2, 0) is 7.05 Å². The number of hydrogen-bond acceptors (Lipinski definition) is 3. The van der Waals surface area contributed by atoms with Crippen molar-refractivity contribution in [3.05, 3.63) is 46.8 Å². The Morgan fingerprint density at radius 2 is 1.97 bits per heavy atom. The quantitative estimate of drug-likeness (QED) is 0.718. The molecule has 2 fully saturated rings. The van der Waals surface area contributed by atoms with Crippen molar-refractivity contribution < 1.29 is 14.3 Å². The number of nitrogens with zero attached hydrogens (tertiary/aromatic N) is 2. The van der Waals surface area contributed by atoms with Gasteiger partial charge in [0, 0.05) is 18.7 Å². The van der Waals surface area contributed by atoms with E-state index in [1.54, 1.807) is 17.9 Å². The van der Waals surface area contributed by atoms with Gasteiger partial charge in [-0.3, -0.25) is 4.79 Å². The fraction of sp³-hybridized carbons (Fsp3) is 0.500. The van der Waals surface area contributed by atoms with Crippen LogP contribution >= 0.6 is 11.6 Å². The summed E-state index contributed by atoms with van der Waals surface area (Å²) in [7, 11) is 8.12. The minimum absolute atomic E-state index is 0.0343. The summed E-state index contributed by atoms with van der Waals surface area (Å²) >= 11 is 5.83. The first kappa shape index (κ1) is 21.5. The van der Waals surface area contributed by atoms with Gasteiger partial charge in [0.1, 0.15) is 11.5 Å². The molecule has 2 N–H and O–H groups in total. The van der Waals surface area contributed by atoms with Gasteiger partial charge in [-0.25, -0.2) is 9.37 Å². The number of aliphatic hydroxyl groups is 1. The lowest BCUT2D eigenvalue weighted by molar-refractivity contribution is 0.0390. The zero-order valence-corrected chi connectivity index (χ0v) is 18.6. The normalized spacial score (nSPS) is 28.5. The highest BCUT2D eigenvalue weighted by atomic mass is 35.5. The van der Waals surface area contributed by atoms with E-state index >= 15 is 0 Å². The molecule has 2 aliphatic carbocycles. The number of imidazole rings is 1. The molecule has 5 nitrogen and oxygen atoms in total. The monoisotopic (exact) mass is 427 g/mol. The van der Waals surface area contributed by atoms with Crippen LogP contribution < -0.4 is 5.32 Å². The van der Waals surface area contributed by atoms with Gasteiger partial charge in [0.25, 0.3) is 5.91 Å². The molecule has 0 radical (unpaired) electrons. The van der Waals surface area contributed by atoms with E-state index in [0.717, 1.165) is 31.4 Å². The van der Waals surface area contributed by atoms with Crippen molar-refractivity contribution in [1.29, 1.82) is 0 Å². The highest BCUT2D eigenvalue weighted by Crippen LogP contribution is 2.57. The Bertz CT molecular complexity index is 980. The van der Waals surface area contributed by atoms with Crippen LogP contribution in [0, 0.1) is 17.7 Å². The van der Waals surface area contributed by atoms with E-state index in [4.69, 9.17) is 11.6 Å². The standard InChI is InChI=1S/C20H26B3ClFN3O2/c1-28-9-26-16(17(28)18(29)27-13-2-3-15(25)14(24)6-13)10-4-11-7-19(30,20(21,22)23)8-12(11)5-10/h2-3,6,9-12,30H,4-5,7-8,21-23H2,1H3,(H,27,29). The van der Waals surface area contributed by atoms with Gasteiger partial charge in [-0.15, -0.1) is 0 Å². The van der Waals surface area contributed by atoms with Crippen molar-refractivity contribution in [2.45, 2.75) is 42.3 Å². The Labute approximate surface area is 184 Å². The lowest BCUT2D eigenvalue weighted by Crippen LogP contribution is -2.43. The van der Waals surface area contributed by atoms with Crippen LogP contribution in [0.4, 0.5) is 10.1 Å². The fourth-order valence-corrected chi connectivity index (χ4v) is 5.47. The van der Waals surface area contributed by atoms with E-state index in [0.29, 0.717) is 23.2 Å². The Hall–Kier alpha value is -1.73. The molecule has 30 heavy (non-hydrogen) atoms. The van der Waals surface area contributed by atoms with Crippen molar-refractivity contribution in [1.82, 2.24) is 9.55 Å². The topological polar surface area (TPSA) is 67.2 Å². The molecular formula is C20H26B3ClFN3O2. The predicted octanol–water partition coefficient (Wildman–Crippen LogP) is 1.07. The van der Waals surface area contributed by atoms with E-state index in [-0.39, 0.29) is 22.0 Å². The Balaban J connectivity index is 1.51. The minimum Gasteiger partial charge on any atom is -0.391 e. The molecular weight excluding hydrogens is 401 g/mol. The second-order valence-corrected chi connectivity index (χ2v) is 10.5. The molecule has 0 bridgehead atoms. The number of carbonyl (C=O) groups excluding carboxylic acids is 1. The zero-order chi connectivity index (χ0) is 21.8. The molecule has 0 spiro atoms. The number of anilines is 1. The number of rotatable bonds is 4. The van der Waals surface area contributed by atoms with Gasteiger partial charge in [-0.05, 0) is 55.7 Å².